The van der Waals surface area contributed by atoms with Crippen LogP contribution in [0.25, 0.3) is 0 Å². The number of hydrogen-bond acceptors (Lipinski definition) is 3. The maximum Gasteiger partial charge on any atom is 0.119 e. The van der Waals surface area contributed by atoms with Gasteiger partial charge in [-0.2, -0.15) is 0 Å². The molecule has 3 nitrogen and oxygen atoms in total. The predicted octanol–water partition coefficient (Wildman–Crippen LogP) is 2.51. The molecule has 0 heterocycles. The molecule has 0 radical (unpaired) electrons. The van der Waals surface area contributed by atoms with Crippen LogP contribution in [-0.2, 0) is 4.74 Å². The molecule has 0 aliphatic rings. The van der Waals surface area contributed by atoms with E-state index in [1.165, 1.54) is 0 Å². The van der Waals surface area contributed by atoms with E-state index in [0.717, 1.165) is 17.7 Å². The summed E-state index contributed by atoms with van der Waals surface area (Å²) >= 11 is 0. The highest BCUT2D eigenvalue weighted by atomic mass is 16.5. The molecule has 0 amide bonds. The van der Waals surface area contributed by atoms with Gasteiger partial charge in [0.2, 0.25) is 0 Å². The Morgan fingerprint density at radius 1 is 1.19 bits per heavy atom. The number of ether oxygens (including phenoxy) is 2. The van der Waals surface area contributed by atoms with Crippen molar-refractivity contribution in [2.45, 2.75) is 32.4 Å². The van der Waals surface area contributed by atoms with Crippen LogP contribution in [0.3, 0.4) is 0 Å². The van der Waals surface area contributed by atoms with E-state index in [1.807, 2.05) is 38.1 Å². The third kappa shape index (κ3) is 4.21. The highest BCUT2D eigenvalue weighted by Gasteiger charge is 2.06. The van der Waals surface area contributed by atoms with Crippen LogP contribution < -0.4 is 10.5 Å². The van der Waals surface area contributed by atoms with Gasteiger partial charge in [0.15, 0.2) is 0 Å². The number of nitrogens with two attached hydrogens (primary N) is 1. The fraction of sp³-hybridized carbons (Fsp3) is 0.538. The van der Waals surface area contributed by atoms with Crippen LogP contribution in [0.15, 0.2) is 24.3 Å². The normalized spacial score (nSPS) is 12.8. The Labute approximate surface area is 97.6 Å². The van der Waals surface area contributed by atoms with Gasteiger partial charge < -0.3 is 15.2 Å². The third-order valence-corrected chi connectivity index (χ3v) is 2.31. The fourth-order valence-electron chi connectivity index (χ4n) is 1.48. The van der Waals surface area contributed by atoms with E-state index in [-0.39, 0.29) is 12.1 Å². The monoisotopic (exact) mass is 223 g/mol. The number of rotatable bonds is 6. The summed E-state index contributed by atoms with van der Waals surface area (Å²) in [7, 11) is 1.69. The largest absolute Gasteiger partial charge is 0.491 e. The van der Waals surface area contributed by atoms with Crippen LogP contribution >= 0.6 is 0 Å². The van der Waals surface area contributed by atoms with Crippen molar-refractivity contribution in [3.8, 4) is 5.75 Å². The first-order chi connectivity index (χ1) is 7.63. The topological polar surface area (TPSA) is 44.5 Å². The van der Waals surface area contributed by atoms with E-state index in [0.29, 0.717) is 6.61 Å². The van der Waals surface area contributed by atoms with Gasteiger partial charge in [0.1, 0.15) is 5.75 Å². The van der Waals surface area contributed by atoms with Crippen LogP contribution in [-0.4, -0.2) is 19.8 Å². The molecule has 0 fully saturated rings. The second-order valence-corrected chi connectivity index (χ2v) is 4.12. The Kier molecular flexibility index (Phi) is 5.29. The quantitative estimate of drug-likeness (QED) is 0.806. The van der Waals surface area contributed by atoms with E-state index >= 15 is 0 Å². The minimum absolute atomic E-state index is 0.0352. The van der Waals surface area contributed by atoms with E-state index < -0.39 is 0 Å². The predicted molar refractivity (Wildman–Crippen MR) is 65.6 cm³/mol. The zero-order chi connectivity index (χ0) is 12.0. The van der Waals surface area contributed by atoms with Crippen LogP contribution in [0.5, 0.6) is 5.75 Å². The van der Waals surface area contributed by atoms with Gasteiger partial charge in [-0.3, -0.25) is 0 Å². The molecule has 16 heavy (non-hydrogen) atoms. The van der Waals surface area contributed by atoms with Crippen LogP contribution in [0.4, 0.5) is 0 Å². The highest BCUT2D eigenvalue weighted by molar-refractivity contribution is 5.29. The molecule has 1 rings (SSSR count). The molecule has 0 saturated carbocycles. The zero-order valence-electron chi connectivity index (χ0n) is 10.3. The van der Waals surface area contributed by atoms with Crippen molar-refractivity contribution in [3.05, 3.63) is 29.8 Å². The number of hydrogen-bond donors (Lipinski definition) is 1. The van der Waals surface area contributed by atoms with Gasteiger partial charge in [-0.15, -0.1) is 0 Å². The van der Waals surface area contributed by atoms with E-state index in [4.69, 9.17) is 15.2 Å². The molecule has 1 atom stereocenters. The lowest BCUT2D eigenvalue weighted by atomic mass is 10.1. The lowest BCUT2D eigenvalue weighted by Crippen LogP contribution is -2.12. The van der Waals surface area contributed by atoms with Gasteiger partial charge in [-0.05, 0) is 38.0 Å². The lowest BCUT2D eigenvalue weighted by molar-refractivity contribution is 0.188. The summed E-state index contributed by atoms with van der Waals surface area (Å²) in [5.74, 6) is 0.887. The molecule has 1 unspecified atom stereocenters. The molecular weight excluding hydrogens is 202 g/mol. The first kappa shape index (κ1) is 13.0. The third-order valence-electron chi connectivity index (χ3n) is 2.31. The van der Waals surface area contributed by atoms with E-state index in [1.54, 1.807) is 7.11 Å². The SMILES string of the molecule is COCCC(N)c1ccc(OC(C)C)cc1. The Balaban J connectivity index is 2.56. The molecule has 0 saturated heterocycles. The molecule has 3 heteroatoms. The summed E-state index contributed by atoms with van der Waals surface area (Å²) in [6, 6.07) is 7.98. The smallest absolute Gasteiger partial charge is 0.119 e. The van der Waals surface area contributed by atoms with Gasteiger partial charge >= 0.3 is 0 Å². The van der Waals surface area contributed by atoms with Crippen molar-refractivity contribution in [2.75, 3.05) is 13.7 Å². The molecule has 90 valence electrons. The minimum atomic E-state index is 0.0352. The number of methoxy groups -OCH3 is 1. The molecule has 0 bridgehead atoms. The summed E-state index contributed by atoms with van der Waals surface area (Å²) in [6.07, 6.45) is 1.04. The first-order valence-corrected chi connectivity index (χ1v) is 5.64. The second kappa shape index (κ2) is 6.51. The van der Waals surface area contributed by atoms with E-state index in [2.05, 4.69) is 0 Å². The molecule has 0 aliphatic carbocycles. The average Bonchev–Trinajstić information content (AvgIpc) is 2.26. The maximum absolute atomic E-state index is 6.01. The van der Waals surface area contributed by atoms with Gasteiger partial charge in [-0.1, -0.05) is 12.1 Å². The molecule has 1 aromatic carbocycles. The molecule has 0 aliphatic heterocycles. The maximum atomic E-state index is 6.01. The Morgan fingerprint density at radius 3 is 2.31 bits per heavy atom. The first-order valence-electron chi connectivity index (χ1n) is 5.64. The summed E-state index contributed by atoms with van der Waals surface area (Å²) in [4.78, 5) is 0. The van der Waals surface area contributed by atoms with Crippen LogP contribution in [0, 0.1) is 0 Å². The van der Waals surface area contributed by atoms with Gasteiger partial charge in [0, 0.05) is 19.8 Å². The van der Waals surface area contributed by atoms with Crippen LogP contribution in [0.1, 0.15) is 31.9 Å². The van der Waals surface area contributed by atoms with Gasteiger partial charge in [-0.25, -0.2) is 0 Å². The molecule has 1 aromatic rings. The van der Waals surface area contributed by atoms with Crippen molar-refractivity contribution >= 4 is 0 Å². The summed E-state index contributed by atoms with van der Waals surface area (Å²) in [5, 5.41) is 0. The van der Waals surface area contributed by atoms with Crippen molar-refractivity contribution < 1.29 is 9.47 Å². The average molecular weight is 223 g/mol. The Bertz CT molecular complexity index is 295. The number of benzene rings is 1. The van der Waals surface area contributed by atoms with E-state index in [9.17, 15) is 0 Å². The summed E-state index contributed by atoms with van der Waals surface area (Å²) in [6.45, 7) is 4.71. The summed E-state index contributed by atoms with van der Waals surface area (Å²) in [5.41, 5.74) is 7.13. The molecule has 0 spiro atoms. The standard InChI is InChI=1S/C13H21NO2/c1-10(2)16-12-6-4-11(5-7-12)13(14)8-9-15-3/h4-7,10,13H,8-9,14H2,1-3H3. The molecule has 2 N–H and O–H groups in total. The fourth-order valence-corrected chi connectivity index (χ4v) is 1.48. The zero-order valence-corrected chi connectivity index (χ0v) is 10.3. The lowest BCUT2D eigenvalue weighted by Gasteiger charge is -2.13. The molecular formula is C13H21NO2. The van der Waals surface area contributed by atoms with Crippen molar-refractivity contribution in [1.29, 1.82) is 0 Å². The van der Waals surface area contributed by atoms with Crippen molar-refractivity contribution in [1.82, 2.24) is 0 Å². The van der Waals surface area contributed by atoms with Gasteiger partial charge in [0.25, 0.3) is 0 Å². The van der Waals surface area contributed by atoms with Gasteiger partial charge in [0.05, 0.1) is 6.10 Å². The highest BCUT2D eigenvalue weighted by Crippen LogP contribution is 2.19. The van der Waals surface area contributed by atoms with Crippen molar-refractivity contribution in [3.63, 3.8) is 0 Å². The van der Waals surface area contributed by atoms with Crippen molar-refractivity contribution in [2.24, 2.45) is 5.73 Å². The Morgan fingerprint density at radius 2 is 1.81 bits per heavy atom. The summed E-state index contributed by atoms with van der Waals surface area (Å²) < 4.78 is 10.6. The van der Waals surface area contributed by atoms with Crippen LogP contribution in [0.2, 0.25) is 0 Å². The Hall–Kier alpha value is -1.06. The minimum Gasteiger partial charge on any atom is -0.491 e. The second-order valence-electron chi connectivity index (χ2n) is 4.12. The molecule has 0 aromatic heterocycles.